The first-order valence-electron chi connectivity index (χ1n) is 9.69. The molecule has 3 saturated heterocycles. The zero-order valence-electron chi connectivity index (χ0n) is 16.8. The molecule has 7 nitrogen and oxygen atoms in total. The van der Waals surface area contributed by atoms with Crippen molar-refractivity contribution in [2.75, 3.05) is 6.61 Å². The van der Waals surface area contributed by atoms with Crippen LogP contribution in [0.1, 0.15) is 39.7 Å². The molecule has 0 saturated carbocycles. The predicted octanol–water partition coefficient (Wildman–Crippen LogP) is 2.56. The van der Waals surface area contributed by atoms with Gasteiger partial charge in [-0.25, -0.2) is 0 Å². The van der Waals surface area contributed by atoms with Gasteiger partial charge >= 0.3 is 0 Å². The second kappa shape index (κ2) is 7.16. The molecule has 3 aliphatic rings. The third-order valence-electron chi connectivity index (χ3n) is 5.42. The standard InChI is InChI=1S/C21H28O7/c1-19(2)23-13-15(26-19)16-21(10-11-22,24-12-14-8-6-5-7-9-14)17-18(25-16)28-20(3,4)27-17/h5-9,11,15-18H,10,12-13H2,1-4H3/t15-,16-,17+,18-,21+/m1/s1. The van der Waals surface area contributed by atoms with Crippen LogP contribution in [0.4, 0.5) is 0 Å². The second-order valence-corrected chi connectivity index (χ2v) is 8.45. The van der Waals surface area contributed by atoms with E-state index in [0.717, 1.165) is 11.8 Å². The van der Waals surface area contributed by atoms with E-state index in [4.69, 9.17) is 28.4 Å². The third-order valence-corrected chi connectivity index (χ3v) is 5.42. The number of carbonyl (C=O) groups is 1. The van der Waals surface area contributed by atoms with E-state index < -0.39 is 41.8 Å². The van der Waals surface area contributed by atoms with Crippen LogP contribution in [0.25, 0.3) is 0 Å². The van der Waals surface area contributed by atoms with E-state index in [-0.39, 0.29) is 6.42 Å². The zero-order valence-corrected chi connectivity index (χ0v) is 16.8. The average Bonchev–Trinajstić information content (AvgIpc) is 3.24. The molecule has 3 heterocycles. The monoisotopic (exact) mass is 392 g/mol. The maximum atomic E-state index is 11.7. The van der Waals surface area contributed by atoms with E-state index >= 15 is 0 Å². The summed E-state index contributed by atoms with van der Waals surface area (Å²) in [4.78, 5) is 11.7. The quantitative estimate of drug-likeness (QED) is 0.689. The normalized spacial score (nSPS) is 38.4. The van der Waals surface area contributed by atoms with E-state index in [2.05, 4.69) is 0 Å². The predicted molar refractivity (Wildman–Crippen MR) is 98.2 cm³/mol. The van der Waals surface area contributed by atoms with Gasteiger partial charge in [0.15, 0.2) is 17.9 Å². The molecular formula is C21H28O7. The Balaban J connectivity index is 1.65. The molecule has 0 aromatic heterocycles. The molecule has 4 rings (SSSR count). The molecule has 3 aliphatic heterocycles. The maximum Gasteiger partial charge on any atom is 0.190 e. The van der Waals surface area contributed by atoms with Gasteiger partial charge in [0.1, 0.15) is 30.2 Å². The Labute approximate surface area is 165 Å². The van der Waals surface area contributed by atoms with E-state index in [9.17, 15) is 4.79 Å². The Bertz CT molecular complexity index is 704. The topological polar surface area (TPSA) is 72.5 Å². The molecular weight excluding hydrogens is 364 g/mol. The highest BCUT2D eigenvalue weighted by molar-refractivity contribution is 5.52. The van der Waals surface area contributed by atoms with Gasteiger partial charge in [0.2, 0.25) is 0 Å². The number of benzene rings is 1. The summed E-state index contributed by atoms with van der Waals surface area (Å²) in [6, 6.07) is 9.80. The summed E-state index contributed by atoms with van der Waals surface area (Å²) in [6.45, 7) is 8.01. The van der Waals surface area contributed by atoms with E-state index in [1.54, 1.807) is 0 Å². The Kier molecular flexibility index (Phi) is 5.10. The van der Waals surface area contributed by atoms with Crippen LogP contribution >= 0.6 is 0 Å². The van der Waals surface area contributed by atoms with Crippen molar-refractivity contribution in [2.45, 2.75) is 82.5 Å². The molecule has 154 valence electrons. The summed E-state index contributed by atoms with van der Waals surface area (Å²) in [5, 5.41) is 0. The van der Waals surface area contributed by atoms with Crippen LogP contribution in [0, 0.1) is 0 Å². The molecule has 0 amide bonds. The molecule has 5 atom stereocenters. The van der Waals surface area contributed by atoms with Crippen molar-refractivity contribution in [3.05, 3.63) is 35.9 Å². The SMILES string of the molecule is CC1(C)OC[C@H]([C@H]2O[C@@H]3OC(C)(C)O[C@@H]3[C@@]2(CC=O)OCc2ccccc2)O1. The van der Waals surface area contributed by atoms with Crippen LogP contribution < -0.4 is 0 Å². The molecule has 1 aromatic carbocycles. The molecule has 0 bridgehead atoms. The molecule has 1 aromatic rings. The largest absolute Gasteiger partial charge is 0.364 e. The van der Waals surface area contributed by atoms with Gasteiger partial charge in [0.05, 0.1) is 13.2 Å². The van der Waals surface area contributed by atoms with Crippen LogP contribution in [-0.4, -0.2) is 54.7 Å². The minimum atomic E-state index is -1.04. The van der Waals surface area contributed by atoms with E-state index in [0.29, 0.717) is 13.2 Å². The first-order chi connectivity index (χ1) is 13.2. The van der Waals surface area contributed by atoms with Gasteiger partial charge in [-0.15, -0.1) is 0 Å². The fourth-order valence-corrected chi connectivity index (χ4v) is 4.23. The molecule has 28 heavy (non-hydrogen) atoms. The van der Waals surface area contributed by atoms with Gasteiger partial charge in [0.25, 0.3) is 0 Å². The number of fused-ring (bicyclic) bond motifs is 1. The fraction of sp³-hybridized carbons (Fsp3) is 0.667. The molecule has 3 fully saturated rings. The summed E-state index contributed by atoms with van der Waals surface area (Å²) >= 11 is 0. The van der Waals surface area contributed by atoms with Gasteiger partial charge in [0, 0.05) is 6.42 Å². The lowest BCUT2D eigenvalue weighted by Crippen LogP contribution is -2.56. The Morgan fingerprint density at radius 3 is 2.43 bits per heavy atom. The molecule has 0 N–H and O–H groups in total. The number of rotatable bonds is 6. The van der Waals surface area contributed by atoms with Gasteiger partial charge in [-0.2, -0.15) is 0 Å². The lowest BCUT2D eigenvalue weighted by molar-refractivity contribution is -0.257. The lowest BCUT2D eigenvalue weighted by atomic mass is 9.86. The highest BCUT2D eigenvalue weighted by atomic mass is 16.9. The molecule has 0 spiro atoms. The molecule has 7 heteroatoms. The van der Waals surface area contributed by atoms with Gasteiger partial charge in [-0.05, 0) is 33.3 Å². The summed E-state index contributed by atoms with van der Waals surface area (Å²) in [5.41, 5.74) is -0.0399. The van der Waals surface area contributed by atoms with Crippen LogP contribution in [0.2, 0.25) is 0 Å². The number of hydrogen-bond donors (Lipinski definition) is 0. The number of aldehydes is 1. The minimum absolute atomic E-state index is 0.103. The Morgan fingerprint density at radius 1 is 1.04 bits per heavy atom. The summed E-state index contributed by atoms with van der Waals surface area (Å²) in [7, 11) is 0. The van der Waals surface area contributed by atoms with Crippen molar-refractivity contribution in [3.8, 4) is 0 Å². The van der Waals surface area contributed by atoms with Crippen molar-refractivity contribution < 1.29 is 33.2 Å². The van der Waals surface area contributed by atoms with Crippen LogP contribution in [0.15, 0.2) is 30.3 Å². The van der Waals surface area contributed by atoms with Gasteiger partial charge in [-0.1, -0.05) is 30.3 Å². The van der Waals surface area contributed by atoms with Crippen LogP contribution in [-0.2, 0) is 39.8 Å². The third kappa shape index (κ3) is 3.63. The van der Waals surface area contributed by atoms with Crippen LogP contribution in [0.5, 0.6) is 0 Å². The summed E-state index contributed by atoms with van der Waals surface area (Å²) < 4.78 is 36.5. The molecule has 0 unspecified atom stereocenters. The highest BCUT2D eigenvalue weighted by Gasteiger charge is 2.67. The zero-order chi connectivity index (χ0) is 20.0. The summed E-state index contributed by atoms with van der Waals surface area (Å²) in [5.74, 6) is -1.55. The molecule has 0 radical (unpaired) electrons. The van der Waals surface area contributed by atoms with E-state index in [1.165, 1.54) is 0 Å². The number of carbonyl (C=O) groups excluding carboxylic acids is 1. The maximum absolute atomic E-state index is 11.7. The first-order valence-corrected chi connectivity index (χ1v) is 9.69. The Morgan fingerprint density at radius 2 is 1.79 bits per heavy atom. The fourth-order valence-electron chi connectivity index (χ4n) is 4.23. The van der Waals surface area contributed by atoms with Crippen molar-refractivity contribution >= 4 is 6.29 Å². The first kappa shape index (κ1) is 19.9. The number of hydrogen-bond acceptors (Lipinski definition) is 7. The number of ether oxygens (including phenoxy) is 6. The van der Waals surface area contributed by atoms with Crippen molar-refractivity contribution in [1.82, 2.24) is 0 Å². The van der Waals surface area contributed by atoms with Crippen LogP contribution in [0.3, 0.4) is 0 Å². The van der Waals surface area contributed by atoms with Gasteiger partial charge in [-0.3, -0.25) is 0 Å². The summed E-state index contributed by atoms with van der Waals surface area (Å²) in [6.07, 6.45) is -1.19. The van der Waals surface area contributed by atoms with Crippen molar-refractivity contribution in [1.29, 1.82) is 0 Å². The second-order valence-electron chi connectivity index (χ2n) is 8.45. The van der Waals surface area contributed by atoms with Gasteiger partial charge < -0.3 is 33.2 Å². The Hall–Kier alpha value is -1.35. The van der Waals surface area contributed by atoms with E-state index in [1.807, 2.05) is 58.0 Å². The average molecular weight is 392 g/mol. The minimum Gasteiger partial charge on any atom is -0.364 e. The molecule has 0 aliphatic carbocycles. The highest BCUT2D eigenvalue weighted by Crippen LogP contribution is 2.49. The smallest absolute Gasteiger partial charge is 0.190 e. The lowest BCUT2D eigenvalue weighted by Gasteiger charge is -2.39. The van der Waals surface area contributed by atoms with Crippen molar-refractivity contribution in [2.24, 2.45) is 0 Å². The van der Waals surface area contributed by atoms with Crippen molar-refractivity contribution in [3.63, 3.8) is 0 Å².